The number of carbonyl (C=O) groups is 2. The zero-order chi connectivity index (χ0) is 16.3. The van der Waals surface area contributed by atoms with Crippen LogP contribution in [0.5, 0.6) is 0 Å². The maximum atomic E-state index is 12.3. The fourth-order valence-corrected chi connectivity index (χ4v) is 2.81. The van der Waals surface area contributed by atoms with E-state index in [0.717, 1.165) is 12.8 Å². The van der Waals surface area contributed by atoms with E-state index < -0.39 is 28.6 Å². The Labute approximate surface area is 127 Å². The molecule has 0 saturated heterocycles. The maximum absolute atomic E-state index is 12.3. The average Bonchev–Trinajstić information content (AvgIpc) is 2.49. The molecule has 7 nitrogen and oxygen atoms in total. The number of nitrogens with zero attached hydrogens (tertiary/aromatic N) is 1. The molecule has 1 aliphatic rings. The molecule has 1 saturated carbocycles. The molecule has 0 radical (unpaired) electrons. The standard InChI is InChI=1S/C15H18N2O5/c1-9-6-7-10(17(21)22)8-13(9)16-14(18)11-4-2-3-5-12(11)15(19)20/h6-8,11-12H,2-5H2,1H3,(H,16,18)(H,19,20)/p-1/t11-,12+/m0/s1. The third kappa shape index (κ3) is 3.41. The minimum Gasteiger partial charge on any atom is -0.550 e. The number of hydrogen-bond donors (Lipinski definition) is 1. The summed E-state index contributed by atoms with van der Waals surface area (Å²) in [6.45, 7) is 1.72. The molecule has 1 fully saturated rings. The molecule has 0 aliphatic heterocycles. The van der Waals surface area contributed by atoms with Crippen LogP contribution in [0.3, 0.4) is 0 Å². The molecule has 2 atom stereocenters. The number of carboxylic acid groups (broad SMARTS) is 1. The molecule has 0 aromatic heterocycles. The largest absolute Gasteiger partial charge is 0.550 e. The number of hydrogen-bond acceptors (Lipinski definition) is 5. The van der Waals surface area contributed by atoms with Gasteiger partial charge in [-0.2, -0.15) is 0 Å². The van der Waals surface area contributed by atoms with Gasteiger partial charge in [0.25, 0.3) is 5.69 Å². The van der Waals surface area contributed by atoms with Gasteiger partial charge in [-0.1, -0.05) is 18.9 Å². The number of carboxylic acids is 1. The first-order chi connectivity index (χ1) is 10.4. The molecule has 0 bridgehead atoms. The van der Waals surface area contributed by atoms with Gasteiger partial charge < -0.3 is 15.2 Å². The van der Waals surface area contributed by atoms with E-state index >= 15 is 0 Å². The summed E-state index contributed by atoms with van der Waals surface area (Å²) in [6.07, 6.45) is 2.46. The number of carbonyl (C=O) groups excluding carboxylic acids is 2. The number of rotatable bonds is 4. The molecule has 1 aromatic rings. The molecule has 1 aromatic carbocycles. The minimum atomic E-state index is -1.21. The third-order valence-corrected chi connectivity index (χ3v) is 4.10. The zero-order valence-corrected chi connectivity index (χ0v) is 12.2. The Kier molecular flexibility index (Phi) is 4.75. The third-order valence-electron chi connectivity index (χ3n) is 4.10. The summed E-state index contributed by atoms with van der Waals surface area (Å²) in [5, 5.41) is 24.6. The lowest BCUT2D eigenvalue weighted by Gasteiger charge is -2.31. The van der Waals surface area contributed by atoms with E-state index in [1.807, 2.05) is 0 Å². The quantitative estimate of drug-likeness (QED) is 0.667. The first-order valence-corrected chi connectivity index (χ1v) is 7.17. The number of nitro benzene ring substituents is 1. The van der Waals surface area contributed by atoms with E-state index in [1.54, 1.807) is 13.0 Å². The highest BCUT2D eigenvalue weighted by Gasteiger charge is 2.32. The van der Waals surface area contributed by atoms with Crippen molar-refractivity contribution in [1.29, 1.82) is 0 Å². The summed E-state index contributed by atoms with van der Waals surface area (Å²) >= 11 is 0. The van der Waals surface area contributed by atoms with Crippen molar-refractivity contribution in [2.24, 2.45) is 11.8 Å². The van der Waals surface area contributed by atoms with Crippen molar-refractivity contribution in [3.8, 4) is 0 Å². The Morgan fingerprint density at radius 2 is 1.86 bits per heavy atom. The molecule has 1 aliphatic carbocycles. The second-order valence-corrected chi connectivity index (χ2v) is 5.56. The van der Waals surface area contributed by atoms with Crippen LogP contribution in [0.1, 0.15) is 31.2 Å². The second-order valence-electron chi connectivity index (χ2n) is 5.56. The molecular weight excluding hydrogens is 288 g/mol. The van der Waals surface area contributed by atoms with Gasteiger partial charge in [0.1, 0.15) is 0 Å². The molecule has 0 heterocycles. The van der Waals surface area contributed by atoms with Gasteiger partial charge in [-0.25, -0.2) is 0 Å². The van der Waals surface area contributed by atoms with Crippen LogP contribution in [-0.4, -0.2) is 16.8 Å². The van der Waals surface area contributed by atoms with Crippen molar-refractivity contribution < 1.29 is 19.6 Å². The summed E-state index contributed by atoms with van der Waals surface area (Å²) in [5.74, 6) is -3.08. The van der Waals surface area contributed by atoms with Gasteiger partial charge in [0, 0.05) is 29.9 Å². The highest BCUT2D eigenvalue weighted by atomic mass is 16.6. The van der Waals surface area contributed by atoms with Crippen LogP contribution >= 0.6 is 0 Å². The van der Waals surface area contributed by atoms with Gasteiger partial charge >= 0.3 is 0 Å². The molecule has 1 amide bonds. The predicted molar refractivity (Wildman–Crippen MR) is 76.9 cm³/mol. The normalized spacial score (nSPS) is 21.1. The number of non-ortho nitro benzene ring substituents is 1. The van der Waals surface area contributed by atoms with E-state index in [2.05, 4.69) is 5.32 Å². The fourth-order valence-electron chi connectivity index (χ4n) is 2.81. The highest BCUT2D eigenvalue weighted by Crippen LogP contribution is 2.31. The number of amides is 1. The van der Waals surface area contributed by atoms with E-state index in [-0.39, 0.29) is 5.69 Å². The van der Waals surface area contributed by atoms with Crippen molar-refractivity contribution in [3.05, 3.63) is 33.9 Å². The van der Waals surface area contributed by atoms with Crippen molar-refractivity contribution in [3.63, 3.8) is 0 Å². The molecule has 2 rings (SSSR count). The Hall–Kier alpha value is -2.44. The number of aryl methyl sites for hydroxylation is 1. The summed E-state index contributed by atoms with van der Waals surface area (Å²) in [6, 6.07) is 4.19. The van der Waals surface area contributed by atoms with E-state index in [0.29, 0.717) is 24.1 Å². The van der Waals surface area contributed by atoms with E-state index in [1.165, 1.54) is 12.1 Å². The van der Waals surface area contributed by atoms with Gasteiger partial charge in [-0.15, -0.1) is 0 Å². The van der Waals surface area contributed by atoms with E-state index in [4.69, 9.17) is 0 Å². The Morgan fingerprint density at radius 1 is 1.23 bits per heavy atom. The number of nitrogens with one attached hydrogen (secondary N) is 1. The number of aliphatic carboxylic acids is 1. The van der Waals surface area contributed by atoms with Crippen molar-refractivity contribution in [1.82, 2.24) is 0 Å². The summed E-state index contributed by atoms with van der Waals surface area (Å²) < 4.78 is 0. The van der Waals surface area contributed by atoms with Crippen LogP contribution in [0.2, 0.25) is 0 Å². The van der Waals surface area contributed by atoms with Gasteiger partial charge in [0.05, 0.1) is 10.6 Å². The molecule has 1 N–H and O–H groups in total. The second kappa shape index (κ2) is 6.55. The Balaban J connectivity index is 2.19. The van der Waals surface area contributed by atoms with Crippen LogP contribution in [0.15, 0.2) is 18.2 Å². The molecule has 22 heavy (non-hydrogen) atoms. The molecule has 0 spiro atoms. The number of nitro groups is 1. The fraction of sp³-hybridized carbons (Fsp3) is 0.467. The molecular formula is C15H17N2O5-. The smallest absolute Gasteiger partial charge is 0.271 e. The summed E-state index contributed by atoms with van der Waals surface area (Å²) in [4.78, 5) is 33.8. The average molecular weight is 305 g/mol. The topological polar surface area (TPSA) is 112 Å². The number of benzene rings is 1. The predicted octanol–water partition coefficient (Wildman–Crippen LogP) is 1.40. The van der Waals surface area contributed by atoms with Crippen LogP contribution in [-0.2, 0) is 9.59 Å². The lowest BCUT2D eigenvalue weighted by atomic mass is 9.78. The monoisotopic (exact) mass is 305 g/mol. The van der Waals surface area contributed by atoms with Crippen molar-refractivity contribution >= 4 is 23.3 Å². The Bertz CT molecular complexity index is 614. The SMILES string of the molecule is Cc1ccc([N+](=O)[O-])cc1NC(=O)[C@H]1CCCC[C@H]1C(=O)[O-]. The maximum Gasteiger partial charge on any atom is 0.271 e. The lowest BCUT2D eigenvalue weighted by Crippen LogP contribution is -2.42. The van der Waals surface area contributed by atoms with Gasteiger partial charge in [-0.3, -0.25) is 14.9 Å². The first kappa shape index (κ1) is 15.9. The zero-order valence-electron chi connectivity index (χ0n) is 12.2. The summed E-state index contributed by atoms with van der Waals surface area (Å²) in [7, 11) is 0. The Morgan fingerprint density at radius 3 is 2.45 bits per heavy atom. The number of anilines is 1. The minimum absolute atomic E-state index is 0.124. The van der Waals surface area contributed by atoms with Crippen LogP contribution in [0, 0.1) is 28.9 Å². The van der Waals surface area contributed by atoms with Gasteiger partial charge in [0.15, 0.2) is 0 Å². The molecule has 118 valence electrons. The van der Waals surface area contributed by atoms with Crippen molar-refractivity contribution in [2.45, 2.75) is 32.6 Å². The van der Waals surface area contributed by atoms with Crippen LogP contribution < -0.4 is 10.4 Å². The summed E-state index contributed by atoms with van der Waals surface area (Å²) in [5.41, 5.74) is 0.891. The van der Waals surface area contributed by atoms with Crippen LogP contribution in [0.4, 0.5) is 11.4 Å². The van der Waals surface area contributed by atoms with E-state index in [9.17, 15) is 24.8 Å². The van der Waals surface area contributed by atoms with Gasteiger partial charge in [-0.05, 0) is 25.3 Å². The first-order valence-electron chi connectivity index (χ1n) is 7.17. The van der Waals surface area contributed by atoms with Gasteiger partial charge in [0.2, 0.25) is 5.91 Å². The highest BCUT2D eigenvalue weighted by molar-refractivity contribution is 5.95. The lowest BCUT2D eigenvalue weighted by molar-refractivity contribution is -0.384. The molecule has 7 heteroatoms. The van der Waals surface area contributed by atoms with Crippen molar-refractivity contribution in [2.75, 3.05) is 5.32 Å². The van der Waals surface area contributed by atoms with Crippen LogP contribution in [0.25, 0.3) is 0 Å². The molecule has 0 unspecified atom stereocenters.